The van der Waals surface area contributed by atoms with Crippen LogP contribution in [0.15, 0.2) is 17.2 Å². The number of aryl methyl sites for hydroxylation is 1. The van der Waals surface area contributed by atoms with Crippen molar-refractivity contribution in [3.8, 4) is 0 Å². The Kier molecular flexibility index (Phi) is 3.28. The summed E-state index contributed by atoms with van der Waals surface area (Å²) in [6.07, 6.45) is 1.74. The molecule has 5 nitrogen and oxygen atoms in total. The van der Waals surface area contributed by atoms with Gasteiger partial charge in [-0.15, -0.1) is 0 Å². The maximum Gasteiger partial charge on any atom is 0.262 e. The van der Waals surface area contributed by atoms with Crippen LogP contribution in [0.3, 0.4) is 0 Å². The van der Waals surface area contributed by atoms with Gasteiger partial charge in [-0.2, -0.15) is 0 Å². The minimum Gasteiger partial charge on any atom is -0.377 e. The number of H-pyrrole nitrogens is 1. The van der Waals surface area contributed by atoms with E-state index >= 15 is 0 Å². The van der Waals surface area contributed by atoms with E-state index in [0.29, 0.717) is 24.2 Å². The monoisotopic (exact) mass is 235 g/mol. The molecule has 0 atom stereocenters. The van der Waals surface area contributed by atoms with Crippen molar-refractivity contribution in [3.63, 3.8) is 0 Å². The molecule has 0 aliphatic carbocycles. The minimum atomic E-state index is -0.0216. The summed E-state index contributed by atoms with van der Waals surface area (Å²) < 4.78 is 7.00. The van der Waals surface area contributed by atoms with Gasteiger partial charge in [0.05, 0.1) is 31.0 Å². The van der Waals surface area contributed by atoms with E-state index in [1.165, 1.54) is 0 Å². The molecule has 0 saturated carbocycles. The van der Waals surface area contributed by atoms with Crippen LogP contribution in [0.4, 0.5) is 0 Å². The number of hydrogen-bond acceptors (Lipinski definition) is 3. The van der Waals surface area contributed by atoms with Crippen molar-refractivity contribution in [2.45, 2.75) is 33.4 Å². The Balaban J connectivity index is 2.23. The van der Waals surface area contributed by atoms with Crippen LogP contribution in [0.2, 0.25) is 0 Å². The molecule has 92 valence electrons. The Labute approximate surface area is 99.4 Å². The first-order chi connectivity index (χ1) is 8.08. The van der Waals surface area contributed by atoms with Crippen molar-refractivity contribution in [1.82, 2.24) is 14.5 Å². The number of hydrogen-bond donors (Lipinski definition) is 1. The van der Waals surface area contributed by atoms with Crippen LogP contribution in [0, 0.1) is 6.92 Å². The third kappa shape index (κ3) is 2.55. The molecule has 2 heterocycles. The Hall–Kier alpha value is -1.62. The number of nitrogens with zero attached hydrogens (tertiary/aromatic N) is 2. The molecule has 2 rings (SSSR count). The number of ether oxygens (including phenoxy) is 1. The zero-order valence-electron chi connectivity index (χ0n) is 10.4. The van der Waals surface area contributed by atoms with Crippen LogP contribution in [0.25, 0.3) is 11.0 Å². The third-order valence-electron chi connectivity index (χ3n) is 2.53. The van der Waals surface area contributed by atoms with Gasteiger partial charge in [-0.05, 0) is 26.8 Å². The molecule has 0 spiro atoms. The predicted molar refractivity (Wildman–Crippen MR) is 66.2 cm³/mol. The summed E-state index contributed by atoms with van der Waals surface area (Å²) in [5.41, 5.74) is 1.57. The van der Waals surface area contributed by atoms with Gasteiger partial charge in [0.1, 0.15) is 5.65 Å². The fourth-order valence-corrected chi connectivity index (χ4v) is 1.72. The molecular formula is C12H17N3O2. The highest BCUT2D eigenvalue weighted by Gasteiger charge is 2.06. The van der Waals surface area contributed by atoms with Crippen molar-refractivity contribution in [2.75, 3.05) is 6.61 Å². The van der Waals surface area contributed by atoms with E-state index in [2.05, 4.69) is 9.97 Å². The predicted octanol–water partition coefficient (Wildman–Crippen LogP) is 1.46. The van der Waals surface area contributed by atoms with Crippen molar-refractivity contribution < 1.29 is 4.74 Å². The average molecular weight is 235 g/mol. The lowest BCUT2D eigenvalue weighted by Gasteiger charge is -2.08. The van der Waals surface area contributed by atoms with E-state index in [-0.39, 0.29) is 11.7 Å². The minimum absolute atomic E-state index is 0.0216. The van der Waals surface area contributed by atoms with Gasteiger partial charge in [-0.1, -0.05) is 0 Å². The van der Waals surface area contributed by atoms with E-state index in [1.54, 1.807) is 10.9 Å². The second kappa shape index (κ2) is 4.71. The number of fused-ring (bicyclic) bond motifs is 1. The van der Waals surface area contributed by atoms with E-state index in [9.17, 15) is 4.79 Å². The van der Waals surface area contributed by atoms with Crippen molar-refractivity contribution in [2.24, 2.45) is 0 Å². The molecule has 0 aromatic carbocycles. The molecule has 2 aromatic rings. The molecule has 0 amide bonds. The topological polar surface area (TPSA) is 59.9 Å². The lowest BCUT2D eigenvalue weighted by Crippen LogP contribution is -2.23. The number of aromatic amines is 1. The van der Waals surface area contributed by atoms with Gasteiger partial charge in [0.15, 0.2) is 0 Å². The lowest BCUT2D eigenvalue weighted by molar-refractivity contribution is 0.0722. The Morgan fingerprint density at radius 2 is 2.29 bits per heavy atom. The van der Waals surface area contributed by atoms with E-state index in [4.69, 9.17) is 4.74 Å². The maximum atomic E-state index is 12.1. The molecule has 0 unspecified atom stereocenters. The molecule has 2 aromatic heterocycles. The van der Waals surface area contributed by atoms with Crippen molar-refractivity contribution in [1.29, 1.82) is 0 Å². The molecule has 0 saturated heterocycles. The summed E-state index contributed by atoms with van der Waals surface area (Å²) >= 11 is 0. The average Bonchev–Trinajstić information content (AvgIpc) is 2.63. The van der Waals surface area contributed by atoms with E-state index in [0.717, 1.165) is 5.69 Å². The van der Waals surface area contributed by atoms with Crippen molar-refractivity contribution >= 4 is 11.0 Å². The molecule has 17 heavy (non-hydrogen) atoms. The Morgan fingerprint density at radius 3 is 3.00 bits per heavy atom. The fraction of sp³-hybridized carbons (Fsp3) is 0.500. The highest BCUT2D eigenvalue weighted by molar-refractivity contribution is 5.74. The second-order valence-corrected chi connectivity index (χ2v) is 4.38. The zero-order chi connectivity index (χ0) is 12.4. The normalized spacial score (nSPS) is 11.5. The molecule has 0 radical (unpaired) electrons. The van der Waals surface area contributed by atoms with Gasteiger partial charge in [0.2, 0.25) is 0 Å². The standard InChI is InChI=1S/C12H17N3O2/c1-8(2)17-5-4-15-7-13-11-10(12(15)16)6-9(3)14-11/h6-8,14H,4-5H2,1-3H3. The molecule has 0 aliphatic rings. The number of aromatic nitrogens is 3. The quantitative estimate of drug-likeness (QED) is 0.872. The molecule has 0 aliphatic heterocycles. The maximum absolute atomic E-state index is 12.1. The largest absolute Gasteiger partial charge is 0.377 e. The summed E-state index contributed by atoms with van der Waals surface area (Å²) in [4.78, 5) is 19.3. The van der Waals surface area contributed by atoms with Gasteiger partial charge < -0.3 is 9.72 Å². The van der Waals surface area contributed by atoms with Gasteiger partial charge in [-0.3, -0.25) is 9.36 Å². The van der Waals surface area contributed by atoms with Gasteiger partial charge in [0.25, 0.3) is 5.56 Å². The molecular weight excluding hydrogens is 218 g/mol. The number of nitrogens with one attached hydrogen (secondary N) is 1. The van der Waals surface area contributed by atoms with Crippen LogP contribution < -0.4 is 5.56 Å². The summed E-state index contributed by atoms with van der Waals surface area (Å²) in [6, 6.07) is 1.82. The summed E-state index contributed by atoms with van der Waals surface area (Å²) in [5, 5.41) is 0.634. The fourth-order valence-electron chi connectivity index (χ4n) is 1.72. The summed E-state index contributed by atoms with van der Waals surface area (Å²) in [5.74, 6) is 0. The van der Waals surface area contributed by atoms with Crippen LogP contribution in [-0.2, 0) is 11.3 Å². The number of rotatable bonds is 4. The Bertz CT molecular complexity index is 569. The molecule has 1 N–H and O–H groups in total. The molecule has 5 heteroatoms. The highest BCUT2D eigenvalue weighted by Crippen LogP contribution is 2.06. The lowest BCUT2D eigenvalue weighted by atomic mass is 10.4. The molecule has 0 bridgehead atoms. The highest BCUT2D eigenvalue weighted by atomic mass is 16.5. The van der Waals surface area contributed by atoms with Gasteiger partial charge >= 0.3 is 0 Å². The SMILES string of the molecule is Cc1cc2c(=O)n(CCOC(C)C)cnc2[nH]1. The van der Waals surface area contributed by atoms with Crippen molar-refractivity contribution in [3.05, 3.63) is 28.4 Å². The van der Waals surface area contributed by atoms with E-state index in [1.807, 2.05) is 26.8 Å². The first-order valence-electron chi connectivity index (χ1n) is 5.74. The van der Waals surface area contributed by atoms with Gasteiger partial charge in [-0.25, -0.2) is 4.98 Å². The Morgan fingerprint density at radius 1 is 1.53 bits per heavy atom. The molecule has 0 fully saturated rings. The van der Waals surface area contributed by atoms with Crippen LogP contribution in [0.1, 0.15) is 19.5 Å². The van der Waals surface area contributed by atoms with E-state index < -0.39 is 0 Å². The third-order valence-corrected chi connectivity index (χ3v) is 2.53. The second-order valence-electron chi connectivity index (χ2n) is 4.38. The van der Waals surface area contributed by atoms with Gasteiger partial charge in [0, 0.05) is 5.69 Å². The summed E-state index contributed by atoms with van der Waals surface area (Å²) in [7, 11) is 0. The van der Waals surface area contributed by atoms with Crippen LogP contribution in [-0.4, -0.2) is 27.2 Å². The first kappa shape index (κ1) is 11.9. The first-order valence-corrected chi connectivity index (χ1v) is 5.74. The van der Waals surface area contributed by atoms with Crippen LogP contribution in [0.5, 0.6) is 0 Å². The summed E-state index contributed by atoms with van der Waals surface area (Å²) in [6.45, 7) is 6.91. The smallest absolute Gasteiger partial charge is 0.262 e. The van der Waals surface area contributed by atoms with Crippen LogP contribution >= 0.6 is 0 Å². The zero-order valence-corrected chi connectivity index (χ0v) is 10.4.